The van der Waals surface area contributed by atoms with Crippen LogP contribution in [0.2, 0.25) is 0 Å². The van der Waals surface area contributed by atoms with Crippen molar-refractivity contribution in [2.24, 2.45) is 0 Å². The molecule has 1 aliphatic heterocycles. The fraction of sp³-hybridized carbons (Fsp3) is 0.632. The average Bonchev–Trinajstić information content (AvgIpc) is 3.14. The van der Waals surface area contributed by atoms with E-state index >= 15 is 0 Å². The second-order valence-corrected chi connectivity index (χ2v) is 8.73. The molecule has 0 bridgehead atoms. The molecule has 1 N–H and O–H groups in total. The molecule has 2 aromatic heterocycles. The Hall–Kier alpha value is -2.11. The first kappa shape index (κ1) is 17.7. The number of nitrogens with zero attached hydrogens (tertiary/aromatic N) is 4. The molecule has 6 heteroatoms. The minimum atomic E-state index is -0.0937. The van der Waals surface area contributed by atoms with Crippen LogP contribution in [0.5, 0.6) is 0 Å². The largest absolute Gasteiger partial charge is 0.338 e. The van der Waals surface area contributed by atoms with Gasteiger partial charge in [0, 0.05) is 42.7 Å². The molecule has 1 aliphatic rings. The van der Waals surface area contributed by atoms with Crippen molar-refractivity contribution in [3.05, 3.63) is 35.9 Å². The molecule has 1 saturated heterocycles. The van der Waals surface area contributed by atoms with Crippen LogP contribution in [0, 0.1) is 0 Å². The summed E-state index contributed by atoms with van der Waals surface area (Å²) in [6.07, 6.45) is 5.22. The van der Waals surface area contributed by atoms with Gasteiger partial charge in [0.2, 0.25) is 5.91 Å². The van der Waals surface area contributed by atoms with Crippen molar-refractivity contribution in [3.8, 4) is 0 Å². The van der Waals surface area contributed by atoms with Crippen LogP contribution in [-0.2, 0) is 15.6 Å². The van der Waals surface area contributed by atoms with Crippen LogP contribution < -0.4 is 0 Å². The Morgan fingerprint density at radius 2 is 1.92 bits per heavy atom. The zero-order chi connectivity index (χ0) is 18.2. The highest BCUT2D eigenvalue weighted by atomic mass is 16.2. The summed E-state index contributed by atoms with van der Waals surface area (Å²) in [5.41, 5.74) is 2.07. The van der Waals surface area contributed by atoms with Gasteiger partial charge >= 0.3 is 0 Å². The number of H-pyrrole nitrogens is 1. The maximum absolute atomic E-state index is 12.5. The number of hydrogen-bond donors (Lipinski definition) is 1. The Bertz CT molecular complexity index is 717. The van der Waals surface area contributed by atoms with Crippen molar-refractivity contribution in [2.45, 2.75) is 64.3 Å². The number of aromatic amines is 1. The van der Waals surface area contributed by atoms with E-state index in [2.05, 4.69) is 56.0 Å². The summed E-state index contributed by atoms with van der Waals surface area (Å²) in [7, 11) is 0. The lowest BCUT2D eigenvalue weighted by Crippen LogP contribution is -2.51. The minimum Gasteiger partial charge on any atom is -0.338 e. The second kappa shape index (κ2) is 6.32. The van der Waals surface area contributed by atoms with E-state index in [1.165, 1.54) is 0 Å². The highest BCUT2D eigenvalue weighted by Crippen LogP contribution is 2.29. The number of nitrogens with one attached hydrogen (secondary N) is 1. The van der Waals surface area contributed by atoms with Crippen molar-refractivity contribution in [1.29, 1.82) is 0 Å². The van der Waals surface area contributed by atoms with Crippen molar-refractivity contribution >= 4 is 5.91 Å². The van der Waals surface area contributed by atoms with E-state index in [1.54, 1.807) is 0 Å². The molecule has 6 nitrogen and oxygen atoms in total. The second-order valence-electron chi connectivity index (χ2n) is 8.73. The van der Waals surface area contributed by atoms with Gasteiger partial charge < -0.3 is 4.90 Å². The van der Waals surface area contributed by atoms with Gasteiger partial charge in [-0.3, -0.25) is 14.6 Å². The monoisotopic (exact) mass is 343 g/mol. The maximum Gasteiger partial charge on any atom is 0.222 e. The molecule has 0 aliphatic carbocycles. The van der Waals surface area contributed by atoms with Crippen molar-refractivity contribution in [1.82, 2.24) is 24.9 Å². The molecule has 2 aromatic rings. The van der Waals surface area contributed by atoms with Gasteiger partial charge in [-0.2, -0.15) is 10.2 Å². The number of rotatable bonds is 5. The van der Waals surface area contributed by atoms with Gasteiger partial charge in [0.1, 0.15) is 0 Å². The van der Waals surface area contributed by atoms with Gasteiger partial charge in [0.15, 0.2) is 0 Å². The third kappa shape index (κ3) is 3.78. The molecular weight excluding hydrogens is 314 g/mol. The van der Waals surface area contributed by atoms with Gasteiger partial charge in [-0.05, 0) is 18.6 Å². The van der Waals surface area contributed by atoms with Gasteiger partial charge in [-0.1, -0.05) is 34.6 Å². The molecule has 0 radical (unpaired) electrons. The first-order valence-corrected chi connectivity index (χ1v) is 9.00. The van der Waals surface area contributed by atoms with Gasteiger partial charge in [0.25, 0.3) is 0 Å². The zero-order valence-corrected chi connectivity index (χ0v) is 15.9. The highest BCUT2D eigenvalue weighted by molar-refractivity contribution is 5.77. The van der Waals surface area contributed by atoms with E-state index < -0.39 is 0 Å². The van der Waals surface area contributed by atoms with Gasteiger partial charge in [-0.15, -0.1) is 0 Å². The lowest BCUT2D eigenvalue weighted by molar-refractivity contribution is -0.137. The summed E-state index contributed by atoms with van der Waals surface area (Å²) in [4.78, 5) is 14.4. The van der Waals surface area contributed by atoms with Gasteiger partial charge in [-0.25, -0.2) is 0 Å². The molecule has 0 spiro atoms. The third-order valence-corrected chi connectivity index (χ3v) is 5.12. The maximum atomic E-state index is 12.5. The predicted molar refractivity (Wildman–Crippen MR) is 97.4 cm³/mol. The molecule has 0 saturated carbocycles. The molecule has 0 aromatic carbocycles. The Morgan fingerprint density at radius 1 is 1.20 bits per heavy atom. The standard InChI is InChI=1S/C19H29N5O/c1-18(2,3)15-8-11-24(22-15)14-12-23(13-14)17(25)6-9-19(4,5)16-7-10-20-21-16/h7-8,10-11,14H,6,9,12-13H2,1-5H3,(H,20,21). The summed E-state index contributed by atoms with van der Waals surface area (Å²) < 4.78 is 2.01. The van der Waals surface area contributed by atoms with Crippen LogP contribution in [0.3, 0.4) is 0 Å². The van der Waals surface area contributed by atoms with E-state index in [1.807, 2.05) is 28.0 Å². The van der Waals surface area contributed by atoms with Crippen LogP contribution in [0.1, 0.15) is 64.9 Å². The first-order chi connectivity index (χ1) is 11.7. The molecule has 136 valence electrons. The lowest BCUT2D eigenvalue weighted by Gasteiger charge is -2.39. The van der Waals surface area contributed by atoms with Crippen LogP contribution in [-0.4, -0.2) is 43.9 Å². The summed E-state index contributed by atoms with van der Waals surface area (Å²) >= 11 is 0. The Labute approximate surface area is 149 Å². The Balaban J connectivity index is 1.49. The third-order valence-electron chi connectivity index (χ3n) is 5.12. The summed E-state index contributed by atoms with van der Waals surface area (Å²) in [6, 6.07) is 4.37. The number of hydrogen-bond acceptors (Lipinski definition) is 3. The minimum absolute atomic E-state index is 0.0579. The first-order valence-electron chi connectivity index (χ1n) is 9.00. The smallest absolute Gasteiger partial charge is 0.222 e. The molecule has 25 heavy (non-hydrogen) atoms. The molecule has 3 heterocycles. The van der Waals surface area contributed by atoms with Crippen molar-refractivity contribution in [3.63, 3.8) is 0 Å². The van der Waals surface area contributed by atoms with E-state index in [4.69, 9.17) is 0 Å². The topological polar surface area (TPSA) is 66.8 Å². The number of carbonyl (C=O) groups excluding carboxylic acids is 1. The molecular formula is C19H29N5O. The normalized spacial score (nSPS) is 16.1. The van der Waals surface area contributed by atoms with E-state index in [0.717, 1.165) is 30.9 Å². The fourth-order valence-corrected chi connectivity index (χ4v) is 3.11. The number of aromatic nitrogens is 4. The number of likely N-dealkylation sites (tertiary alicyclic amines) is 1. The van der Waals surface area contributed by atoms with Gasteiger partial charge in [0.05, 0.1) is 17.4 Å². The quantitative estimate of drug-likeness (QED) is 0.907. The number of carbonyl (C=O) groups is 1. The Morgan fingerprint density at radius 3 is 2.48 bits per heavy atom. The zero-order valence-electron chi connectivity index (χ0n) is 15.9. The van der Waals surface area contributed by atoms with Crippen LogP contribution >= 0.6 is 0 Å². The van der Waals surface area contributed by atoms with Crippen molar-refractivity contribution in [2.75, 3.05) is 13.1 Å². The molecule has 0 unspecified atom stereocenters. The summed E-state index contributed by atoms with van der Waals surface area (Å²) in [5, 5.41) is 11.8. The predicted octanol–water partition coefficient (Wildman–Crippen LogP) is 3.05. The summed E-state index contributed by atoms with van der Waals surface area (Å²) in [6.45, 7) is 12.3. The summed E-state index contributed by atoms with van der Waals surface area (Å²) in [5.74, 6) is 0.225. The van der Waals surface area contributed by atoms with Crippen molar-refractivity contribution < 1.29 is 4.79 Å². The molecule has 1 amide bonds. The lowest BCUT2D eigenvalue weighted by atomic mass is 9.84. The average molecular weight is 343 g/mol. The van der Waals surface area contributed by atoms with E-state index in [-0.39, 0.29) is 16.7 Å². The van der Waals surface area contributed by atoms with Crippen LogP contribution in [0.25, 0.3) is 0 Å². The van der Waals surface area contributed by atoms with E-state index in [0.29, 0.717) is 12.5 Å². The fourth-order valence-electron chi connectivity index (χ4n) is 3.11. The highest BCUT2D eigenvalue weighted by Gasteiger charge is 2.34. The molecule has 0 atom stereocenters. The SMILES string of the molecule is CC(C)(C)c1ccn(C2CN(C(=O)CCC(C)(C)c3cc[nH]n3)C2)n1. The Kier molecular flexibility index (Phi) is 4.47. The van der Waals surface area contributed by atoms with Crippen LogP contribution in [0.4, 0.5) is 0 Å². The van der Waals surface area contributed by atoms with Crippen LogP contribution in [0.15, 0.2) is 24.5 Å². The van der Waals surface area contributed by atoms with E-state index in [9.17, 15) is 4.79 Å². The molecule has 1 fully saturated rings. The number of amides is 1. The molecule has 3 rings (SSSR count).